The number of fused-ring (bicyclic) bond motifs is 1. The van der Waals surface area contributed by atoms with Gasteiger partial charge in [0.2, 0.25) is 0 Å². The molecule has 2 aliphatic rings. The second kappa shape index (κ2) is 7.45. The van der Waals surface area contributed by atoms with E-state index < -0.39 is 23.2 Å². The van der Waals surface area contributed by atoms with Crippen LogP contribution in [0.15, 0.2) is 50.3 Å². The van der Waals surface area contributed by atoms with Crippen molar-refractivity contribution >= 4 is 6.08 Å². The Hall–Kier alpha value is 0.283. The molecule has 0 amide bonds. The fourth-order valence-electron chi connectivity index (χ4n) is 3.41. The van der Waals surface area contributed by atoms with Gasteiger partial charge in [0.25, 0.3) is 0 Å². The molecule has 1 atom stereocenters. The van der Waals surface area contributed by atoms with E-state index in [1.807, 2.05) is 0 Å². The predicted molar refractivity (Wildman–Crippen MR) is 83.1 cm³/mol. The number of benzene rings is 1. The first-order valence-electron chi connectivity index (χ1n) is 7.36. The van der Waals surface area contributed by atoms with Gasteiger partial charge in [0.1, 0.15) is 0 Å². The monoisotopic (exact) mass is 498 g/mol. The molecular formula is C19H22Br2Zr. The topological polar surface area (TPSA) is 0 Å². The summed E-state index contributed by atoms with van der Waals surface area (Å²) in [5.41, 5.74) is 8.02. The fraction of sp³-hybridized carbons (Fsp3) is 0.368. The number of rotatable bonds is 2. The molecular weight excluding hydrogens is 479 g/mol. The molecule has 0 heterocycles. The maximum atomic E-state index is 2.45. The smallest absolute Gasteiger partial charge is 1.00 e. The Bertz CT molecular complexity index is 666. The number of halogens is 2. The van der Waals surface area contributed by atoms with Crippen LogP contribution in [0.2, 0.25) is 0 Å². The molecule has 0 aliphatic heterocycles. The molecule has 0 bridgehead atoms. The SMILES string of the molecule is CC1=C(C)C(C)(C)[C]([Zr+2][CH]2C=Cc3ccccc32)=C1C.[Br-].[Br-]. The third-order valence-electron chi connectivity index (χ3n) is 5.16. The maximum absolute atomic E-state index is 2.45. The Balaban J connectivity index is 0.00000121. The third kappa shape index (κ3) is 3.24. The van der Waals surface area contributed by atoms with Gasteiger partial charge in [-0.1, -0.05) is 0 Å². The summed E-state index contributed by atoms with van der Waals surface area (Å²) >= 11 is -0.636. The zero-order chi connectivity index (χ0) is 14.5. The minimum absolute atomic E-state index is 0. The van der Waals surface area contributed by atoms with Crippen LogP contribution in [0.1, 0.15) is 49.4 Å². The molecule has 0 aromatic heterocycles. The van der Waals surface area contributed by atoms with Crippen LogP contribution in [0.3, 0.4) is 0 Å². The summed E-state index contributed by atoms with van der Waals surface area (Å²) in [4.78, 5) is 0. The van der Waals surface area contributed by atoms with E-state index in [9.17, 15) is 0 Å². The molecule has 0 radical (unpaired) electrons. The Morgan fingerprint density at radius 3 is 2.18 bits per heavy atom. The van der Waals surface area contributed by atoms with Crippen molar-refractivity contribution in [2.24, 2.45) is 5.41 Å². The molecule has 3 rings (SSSR count). The first-order chi connectivity index (χ1) is 9.43. The minimum atomic E-state index is -0.636. The van der Waals surface area contributed by atoms with Crippen LogP contribution < -0.4 is 34.0 Å². The zero-order valence-electron chi connectivity index (χ0n) is 13.8. The number of hydrogen-bond acceptors (Lipinski definition) is 0. The van der Waals surface area contributed by atoms with E-state index in [0.717, 1.165) is 3.63 Å². The maximum Gasteiger partial charge on any atom is -1.00 e. The van der Waals surface area contributed by atoms with Crippen molar-refractivity contribution < 1.29 is 57.2 Å². The first kappa shape index (κ1) is 20.3. The van der Waals surface area contributed by atoms with Crippen LogP contribution in [0.25, 0.3) is 6.08 Å². The van der Waals surface area contributed by atoms with E-state index in [2.05, 4.69) is 71.0 Å². The average Bonchev–Trinajstić information content (AvgIpc) is 2.90. The van der Waals surface area contributed by atoms with E-state index in [4.69, 9.17) is 0 Å². The summed E-state index contributed by atoms with van der Waals surface area (Å²) in [5, 5.41) is 0. The fourth-order valence-corrected chi connectivity index (χ4v) is 8.02. The zero-order valence-corrected chi connectivity index (χ0v) is 19.4. The minimum Gasteiger partial charge on any atom is -1.00 e. The summed E-state index contributed by atoms with van der Waals surface area (Å²) in [5.74, 6) is 0. The summed E-state index contributed by atoms with van der Waals surface area (Å²) in [6, 6.07) is 8.91. The van der Waals surface area contributed by atoms with Crippen molar-refractivity contribution in [1.82, 2.24) is 0 Å². The van der Waals surface area contributed by atoms with Crippen LogP contribution in [0.4, 0.5) is 0 Å². The van der Waals surface area contributed by atoms with E-state index in [1.54, 1.807) is 25.6 Å². The Morgan fingerprint density at radius 2 is 1.59 bits per heavy atom. The van der Waals surface area contributed by atoms with Crippen LogP contribution in [0, 0.1) is 5.41 Å². The van der Waals surface area contributed by atoms with Gasteiger partial charge in [-0.25, -0.2) is 0 Å². The van der Waals surface area contributed by atoms with Crippen LogP contribution in [0.5, 0.6) is 0 Å². The molecule has 0 saturated heterocycles. The van der Waals surface area contributed by atoms with E-state index in [-0.39, 0.29) is 34.0 Å². The molecule has 1 aromatic carbocycles. The molecule has 1 unspecified atom stereocenters. The van der Waals surface area contributed by atoms with Crippen molar-refractivity contribution in [3.63, 3.8) is 0 Å². The van der Waals surface area contributed by atoms with E-state index in [1.165, 1.54) is 5.56 Å². The van der Waals surface area contributed by atoms with Crippen LogP contribution in [-0.2, 0) is 23.2 Å². The molecule has 1 aromatic rings. The van der Waals surface area contributed by atoms with Crippen molar-refractivity contribution in [3.8, 4) is 0 Å². The van der Waals surface area contributed by atoms with Crippen LogP contribution in [-0.4, -0.2) is 0 Å². The average molecular weight is 501 g/mol. The Labute approximate surface area is 167 Å². The van der Waals surface area contributed by atoms with Gasteiger partial charge in [0.15, 0.2) is 0 Å². The van der Waals surface area contributed by atoms with Gasteiger partial charge in [-0.15, -0.1) is 0 Å². The van der Waals surface area contributed by atoms with Crippen molar-refractivity contribution in [2.45, 2.75) is 38.2 Å². The van der Waals surface area contributed by atoms with Gasteiger partial charge < -0.3 is 34.0 Å². The largest absolute Gasteiger partial charge is 1.00 e. The Morgan fingerprint density at radius 1 is 0.955 bits per heavy atom. The molecule has 0 N–H and O–H groups in total. The number of allylic oxidation sites excluding steroid dienone is 5. The van der Waals surface area contributed by atoms with Gasteiger partial charge in [0.05, 0.1) is 0 Å². The predicted octanol–water partition coefficient (Wildman–Crippen LogP) is -0.505. The summed E-state index contributed by atoms with van der Waals surface area (Å²) in [6.45, 7) is 11.8. The Kier molecular flexibility index (Phi) is 6.88. The molecule has 3 heteroatoms. The van der Waals surface area contributed by atoms with Gasteiger partial charge >= 0.3 is 134 Å². The standard InChI is InChI=1S/C10H15.C9H7.2BrH.Zr/c1-7-6-10(4,5)9(3)8(7)2;1-2-5-9-7-3-6-8(9)4-1;;;/h1-5H3;1-7H;2*1H;/q;;;;+2/p-2. The summed E-state index contributed by atoms with van der Waals surface area (Å²) < 4.78 is 2.51. The van der Waals surface area contributed by atoms with Gasteiger partial charge in [-0.2, -0.15) is 0 Å². The second-order valence-corrected chi connectivity index (χ2v) is 9.95. The second-order valence-electron chi connectivity index (χ2n) is 6.49. The summed E-state index contributed by atoms with van der Waals surface area (Å²) in [7, 11) is 0. The molecule has 0 saturated carbocycles. The van der Waals surface area contributed by atoms with Gasteiger partial charge in [0, 0.05) is 0 Å². The van der Waals surface area contributed by atoms with E-state index in [0.29, 0.717) is 5.41 Å². The molecule has 0 nitrogen and oxygen atoms in total. The normalized spacial score (nSPS) is 21.2. The summed E-state index contributed by atoms with van der Waals surface area (Å²) in [6.07, 6.45) is 4.78. The van der Waals surface area contributed by atoms with Crippen LogP contribution >= 0.6 is 0 Å². The van der Waals surface area contributed by atoms with Crippen molar-refractivity contribution in [2.75, 3.05) is 0 Å². The third-order valence-corrected chi connectivity index (χ3v) is 10.3. The quantitative estimate of drug-likeness (QED) is 0.513. The molecule has 116 valence electrons. The number of hydrogen-bond donors (Lipinski definition) is 0. The van der Waals surface area contributed by atoms with Gasteiger partial charge in [-0.3, -0.25) is 0 Å². The van der Waals surface area contributed by atoms with Crippen molar-refractivity contribution in [3.05, 3.63) is 61.5 Å². The van der Waals surface area contributed by atoms with Gasteiger partial charge in [-0.05, 0) is 0 Å². The molecule has 0 spiro atoms. The van der Waals surface area contributed by atoms with Crippen molar-refractivity contribution in [1.29, 1.82) is 0 Å². The molecule has 2 aliphatic carbocycles. The first-order valence-corrected chi connectivity index (χ1v) is 10.0. The molecule has 0 fully saturated rings. The molecule has 22 heavy (non-hydrogen) atoms. The van der Waals surface area contributed by atoms with E-state index >= 15 is 0 Å².